The number of allylic oxidation sites excluding steroid dienone is 16. The van der Waals surface area contributed by atoms with Crippen LogP contribution in [0.15, 0.2) is 97.2 Å². The van der Waals surface area contributed by atoms with E-state index < -0.39 is 5.79 Å². The van der Waals surface area contributed by atoms with Gasteiger partial charge in [-0.2, -0.15) is 0 Å². The van der Waals surface area contributed by atoms with Crippen molar-refractivity contribution in [2.24, 2.45) is 5.92 Å². The zero-order chi connectivity index (χ0) is 44.1. The summed E-state index contributed by atoms with van der Waals surface area (Å²) in [5.41, 5.74) is 0. The number of amides is 1. The molecule has 2 aliphatic rings. The van der Waals surface area contributed by atoms with Crippen LogP contribution in [0.3, 0.4) is 0 Å². The molecule has 1 spiro atoms. The molecule has 2 atom stereocenters. The second kappa shape index (κ2) is 36.2. The van der Waals surface area contributed by atoms with Gasteiger partial charge in [-0.1, -0.05) is 130 Å². The molecule has 0 aromatic rings. The highest BCUT2D eigenvalue weighted by molar-refractivity contribution is 5.77. The number of ether oxygens (including phenoxy) is 3. The molecule has 2 saturated heterocycles. The van der Waals surface area contributed by atoms with Crippen LogP contribution in [0.4, 0.5) is 0 Å². The summed E-state index contributed by atoms with van der Waals surface area (Å²) in [7, 11) is 6.26. The monoisotopic (exact) mass is 846 g/mol. The summed E-state index contributed by atoms with van der Waals surface area (Å²) in [4.78, 5) is 32.5. The summed E-state index contributed by atoms with van der Waals surface area (Å²) < 4.78 is 18.2. The number of carbonyl (C=O) groups is 2. The first kappa shape index (κ1) is 53.8. The lowest BCUT2D eigenvalue weighted by Crippen LogP contribution is -2.64. The van der Waals surface area contributed by atoms with Gasteiger partial charge in [-0.3, -0.25) is 9.59 Å². The maximum atomic E-state index is 13.4. The number of nitrogens with zero attached hydrogens (tertiary/aromatic N) is 3. The second-order valence-corrected chi connectivity index (χ2v) is 17.0. The molecule has 2 aliphatic heterocycles. The fraction of sp³-hybridized carbons (Fsp3) is 0.660. The third-order valence-electron chi connectivity index (χ3n) is 11.0. The van der Waals surface area contributed by atoms with Crippen molar-refractivity contribution in [1.82, 2.24) is 14.7 Å². The van der Waals surface area contributed by atoms with Crippen LogP contribution in [-0.4, -0.2) is 106 Å². The molecule has 0 radical (unpaired) electrons. The van der Waals surface area contributed by atoms with E-state index in [4.69, 9.17) is 14.2 Å². The topological polar surface area (TPSA) is 71.6 Å². The average molecular weight is 846 g/mol. The van der Waals surface area contributed by atoms with Gasteiger partial charge >= 0.3 is 5.97 Å². The largest absolute Gasteiger partial charge is 0.465 e. The molecule has 0 bridgehead atoms. The third kappa shape index (κ3) is 28.1. The number of unbranched alkanes of at least 4 members (excludes halogenated alkanes) is 5. The van der Waals surface area contributed by atoms with Crippen molar-refractivity contribution in [3.8, 4) is 0 Å². The Morgan fingerprint density at radius 2 is 1.13 bits per heavy atom. The highest BCUT2D eigenvalue weighted by Crippen LogP contribution is 2.34. The van der Waals surface area contributed by atoms with Crippen molar-refractivity contribution >= 4 is 11.9 Å². The fourth-order valence-corrected chi connectivity index (χ4v) is 7.24. The standard InChI is InChI=1S/C53H87N3O5/c1-6-8-10-12-14-16-18-20-22-24-26-28-30-32-34-36-39-49(38-35-33-31-29-27-25-23-21-19-17-15-13-11-9-7-2)52(58)59-45-41-50-46-60-53(61-50)47-56(48-53)51(57)40-37-42-55(5)44-43-54(3)4/h8-11,14-17,20-23,26-29,49-50H,6-7,12-13,18-19,24-25,30-48H2,1-5H3/b10-8-,11-9-,16-14-,17-15-,22-20-,23-21-,28-26-,29-27-. The van der Waals surface area contributed by atoms with E-state index in [0.717, 1.165) is 135 Å². The first-order valence-electron chi connectivity index (χ1n) is 24.1. The summed E-state index contributed by atoms with van der Waals surface area (Å²) in [6, 6.07) is 0. The fourth-order valence-electron chi connectivity index (χ4n) is 7.24. The molecule has 344 valence electrons. The number of hydrogen-bond donors (Lipinski definition) is 0. The first-order chi connectivity index (χ1) is 29.8. The molecule has 2 rings (SSSR count). The van der Waals surface area contributed by atoms with Gasteiger partial charge in [0.2, 0.25) is 11.7 Å². The normalized spacial score (nSPS) is 17.6. The van der Waals surface area contributed by atoms with Crippen LogP contribution in [0.2, 0.25) is 0 Å². The van der Waals surface area contributed by atoms with Gasteiger partial charge in [-0.15, -0.1) is 0 Å². The van der Waals surface area contributed by atoms with Crippen LogP contribution in [0.1, 0.15) is 142 Å². The van der Waals surface area contributed by atoms with Crippen molar-refractivity contribution < 1.29 is 23.8 Å². The van der Waals surface area contributed by atoms with Gasteiger partial charge in [-0.05, 0) is 124 Å². The predicted octanol–water partition coefficient (Wildman–Crippen LogP) is 11.9. The Morgan fingerprint density at radius 3 is 1.66 bits per heavy atom. The molecule has 0 aliphatic carbocycles. The van der Waals surface area contributed by atoms with Crippen LogP contribution in [0.25, 0.3) is 0 Å². The minimum atomic E-state index is -0.697. The van der Waals surface area contributed by atoms with E-state index in [1.54, 1.807) is 0 Å². The summed E-state index contributed by atoms with van der Waals surface area (Å²) in [6.45, 7) is 8.98. The number of rotatable bonds is 36. The molecule has 61 heavy (non-hydrogen) atoms. The maximum Gasteiger partial charge on any atom is 0.308 e. The Hall–Kier alpha value is -3.30. The third-order valence-corrected chi connectivity index (χ3v) is 11.0. The lowest BCUT2D eigenvalue weighted by molar-refractivity contribution is -0.244. The van der Waals surface area contributed by atoms with Gasteiger partial charge in [0.1, 0.15) is 0 Å². The van der Waals surface area contributed by atoms with E-state index >= 15 is 0 Å². The highest BCUT2D eigenvalue weighted by atomic mass is 16.8. The van der Waals surface area contributed by atoms with Crippen LogP contribution < -0.4 is 0 Å². The SMILES string of the molecule is CC/C=C\C/C=C\C/C=C\C/C=C\CCCCCC(CCCC/C=C\C/C=C\C/C=C\C/C=C\CC)C(=O)OCCC1COC2(CN(C(=O)CCCN(C)CCN(C)C)C2)O1. The molecular weight excluding hydrogens is 759 g/mol. The van der Waals surface area contributed by atoms with Crippen molar-refractivity contribution in [1.29, 1.82) is 0 Å². The van der Waals surface area contributed by atoms with Crippen molar-refractivity contribution in [3.05, 3.63) is 97.2 Å². The van der Waals surface area contributed by atoms with Crippen LogP contribution >= 0.6 is 0 Å². The molecular formula is C53H87N3O5. The number of hydrogen-bond acceptors (Lipinski definition) is 7. The Morgan fingerprint density at radius 1 is 0.639 bits per heavy atom. The summed E-state index contributed by atoms with van der Waals surface area (Å²) in [5.74, 6) is -0.675. The van der Waals surface area contributed by atoms with Crippen LogP contribution in [-0.2, 0) is 23.8 Å². The molecule has 0 aromatic heterocycles. The van der Waals surface area contributed by atoms with E-state index in [9.17, 15) is 9.59 Å². The van der Waals surface area contributed by atoms with E-state index in [1.165, 1.54) is 0 Å². The van der Waals surface area contributed by atoms with E-state index in [0.29, 0.717) is 39.1 Å². The van der Waals surface area contributed by atoms with Crippen molar-refractivity contribution in [3.63, 3.8) is 0 Å². The Kier molecular flexibility index (Phi) is 32.0. The number of carbonyl (C=O) groups excluding carboxylic acids is 2. The molecule has 8 heteroatoms. The Balaban J connectivity index is 1.70. The Labute approximate surface area is 373 Å². The first-order valence-corrected chi connectivity index (χ1v) is 24.1. The second-order valence-electron chi connectivity index (χ2n) is 17.0. The van der Waals surface area contributed by atoms with Gasteiger partial charge in [0.05, 0.1) is 38.3 Å². The Bertz CT molecular complexity index is 1370. The van der Waals surface area contributed by atoms with E-state index in [-0.39, 0.29) is 23.9 Å². The minimum Gasteiger partial charge on any atom is -0.465 e. The molecule has 8 nitrogen and oxygen atoms in total. The van der Waals surface area contributed by atoms with Gasteiger partial charge in [0, 0.05) is 25.9 Å². The summed E-state index contributed by atoms with van der Waals surface area (Å²) in [6.07, 6.45) is 55.0. The van der Waals surface area contributed by atoms with Crippen molar-refractivity contribution in [2.75, 3.05) is 67.1 Å². The highest BCUT2D eigenvalue weighted by Gasteiger charge is 2.52. The zero-order valence-electron chi connectivity index (χ0n) is 39.4. The molecule has 0 N–H and O–H groups in total. The number of likely N-dealkylation sites (N-methyl/N-ethyl adjacent to an activating group) is 2. The van der Waals surface area contributed by atoms with E-state index in [2.05, 4.69) is 142 Å². The predicted molar refractivity (Wildman–Crippen MR) is 257 cm³/mol. The van der Waals surface area contributed by atoms with E-state index in [1.807, 2.05) is 4.90 Å². The van der Waals surface area contributed by atoms with Gasteiger partial charge in [0.15, 0.2) is 0 Å². The minimum absolute atomic E-state index is 0.0686. The van der Waals surface area contributed by atoms with Crippen LogP contribution in [0, 0.1) is 5.92 Å². The average Bonchev–Trinajstić information content (AvgIpc) is 3.67. The maximum absolute atomic E-state index is 13.4. The molecule has 0 aromatic carbocycles. The molecule has 0 saturated carbocycles. The number of likely N-dealkylation sites (tertiary alicyclic amines) is 1. The zero-order valence-corrected chi connectivity index (χ0v) is 39.4. The van der Waals surface area contributed by atoms with Crippen molar-refractivity contribution in [2.45, 2.75) is 154 Å². The van der Waals surface area contributed by atoms with Gasteiger partial charge in [-0.25, -0.2) is 0 Å². The lowest BCUT2D eigenvalue weighted by atomic mass is 9.94. The van der Waals surface area contributed by atoms with Crippen LogP contribution in [0.5, 0.6) is 0 Å². The smallest absolute Gasteiger partial charge is 0.308 e. The molecule has 2 fully saturated rings. The molecule has 2 heterocycles. The molecule has 1 amide bonds. The lowest BCUT2D eigenvalue weighted by Gasteiger charge is -2.46. The quantitative estimate of drug-likeness (QED) is 0.0353. The van der Waals surface area contributed by atoms with Gasteiger partial charge in [0.25, 0.3) is 0 Å². The summed E-state index contributed by atoms with van der Waals surface area (Å²) in [5, 5.41) is 0. The summed E-state index contributed by atoms with van der Waals surface area (Å²) >= 11 is 0. The number of esters is 1. The molecule has 2 unspecified atom stereocenters. The van der Waals surface area contributed by atoms with Gasteiger partial charge < -0.3 is 28.9 Å².